The van der Waals surface area contributed by atoms with E-state index in [4.69, 9.17) is 4.74 Å². The van der Waals surface area contributed by atoms with E-state index in [1.807, 2.05) is 42.5 Å². The lowest BCUT2D eigenvalue weighted by Gasteiger charge is -2.27. The van der Waals surface area contributed by atoms with Crippen LogP contribution in [0.3, 0.4) is 0 Å². The van der Waals surface area contributed by atoms with Gasteiger partial charge in [-0.1, -0.05) is 48.5 Å². The first-order chi connectivity index (χ1) is 16.2. The maximum absolute atomic E-state index is 12.8. The fraction of sp³-hybridized carbons (Fsp3) is 0.333. The Labute approximate surface area is 197 Å². The van der Waals surface area contributed by atoms with Crippen LogP contribution in [0.15, 0.2) is 59.7 Å². The molecule has 2 aliphatic heterocycles. The van der Waals surface area contributed by atoms with Gasteiger partial charge in [-0.3, -0.25) is 9.59 Å². The number of carbonyl (C=O) groups is 3. The highest BCUT2D eigenvalue weighted by atomic mass is 32.2. The molecule has 2 amide bonds. The van der Waals surface area contributed by atoms with Crippen LogP contribution >= 0.6 is 0 Å². The van der Waals surface area contributed by atoms with E-state index >= 15 is 0 Å². The first kappa shape index (κ1) is 23.6. The third-order valence-electron chi connectivity index (χ3n) is 5.77. The molecule has 0 bridgehead atoms. The molecule has 178 valence electrons. The Balaban J connectivity index is 1.42. The predicted octanol–water partition coefficient (Wildman–Crippen LogP) is 2.39. The molecule has 0 aliphatic carbocycles. The molecule has 34 heavy (non-hydrogen) atoms. The Morgan fingerprint density at radius 1 is 1.09 bits per heavy atom. The minimum absolute atomic E-state index is 0.00627. The zero-order chi connectivity index (χ0) is 24.3. The summed E-state index contributed by atoms with van der Waals surface area (Å²) < 4.78 is 28.9. The second-order valence-electron chi connectivity index (χ2n) is 8.29. The van der Waals surface area contributed by atoms with Gasteiger partial charge in [0.15, 0.2) is 15.9 Å². The molecule has 0 radical (unpaired) electrons. The number of anilines is 1. The summed E-state index contributed by atoms with van der Waals surface area (Å²) in [6.07, 6.45) is -0.745. The number of esters is 1. The quantitative estimate of drug-likeness (QED) is 0.630. The number of hydrazone groups is 1. The Morgan fingerprint density at radius 2 is 1.79 bits per heavy atom. The molecule has 1 saturated heterocycles. The Kier molecular flexibility index (Phi) is 6.78. The monoisotopic (exact) mass is 483 g/mol. The van der Waals surface area contributed by atoms with Gasteiger partial charge in [-0.2, -0.15) is 5.10 Å². The fourth-order valence-corrected chi connectivity index (χ4v) is 5.64. The molecule has 2 aliphatic rings. The van der Waals surface area contributed by atoms with Gasteiger partial charge in [0.05, 0.1) is 17.5 Å². The molecule has 1 fully saturated rings. The largest absolute Gasteiger partial charge is 0.448 e. The topological polar surface area (TPSA) is 122 Å². The molecule has 2 atom stereocenters. The van der Waals surface area contributed by atoms with Crippen LogP contribution in [0.4, 0.5) is 5.69 Å². The summed E-state index contributed by atoms with van der Waals surface area (Å²) in [5.74, 6) is -1.84. The van der Waals surface area contributed by atoms with Gasteiger partial charge in [-0.15, -0.1) is 0 Å². The number of hydrogen-bond acceptors (Lipinski definition) is 7. The van der Waals surface area contributed by atoms with E-state index in [-0.39, 0.29) is 42.4 Å². The highest BCUT2D eigenvalue weighted by Gasteiger charge is 2.38. The van der Waals surface area contributed by atoms with Crippen LogP contribution in [-0.4, -0.2) is 60.6 Å². The lowest BCUT2D eigenvalue weighted by Crippen LogP contribution is -2.42. The molecule has 0 aromatic heterocycles. The van der Waals surface area contributed by atoms with Gasteiger partial charge in [-0.05, 0) is 25.0 Å². The highest BCUT2D eigenvalue weighted by molar-refractivity contribution is 7.91. The van der Waals surface area contributed by atoms with E-state index in [0.717, 1.165) is 16.1 Å². The summed E-state index contributed by atoms with van der Waals surface area (Å²) >= 11 is 0. The van der Waals surface area contributed by atoms with Gasteiger partial charge >= 0.3 is 5.97 Å². The summed E-state index contributed by atoms with van der Waals surface area (Å²) in [5.41, 5.74) is 2.33. The molecule has 4 rings (SSSR count). The maximum atomic E-state index is 12.8. The summed E-state index contributed by atoms with van der Waals surface area (Å²) in [6.45, 7) is 1.45. The average molecular weight is 484 g/mol. The van der Waals surface area contributed by atoms with Crippen molar-refractivity contribution in [3.63, 3.8) is 0 Å². The second kappa shape index (κ2) is 9.76. The van der Waals surface area contributed by atoms with Gasteiger partial charge in [-0.25, -0.2) is 18.2 Å². The molecule has 1 N–H and O–H groups in total. The predicted molar refractivity (Wildman–Crippen MR) is 127 cm³/mol. The average Bonchev–Trinajstić information content (AvgIpc) is 3.19. The summed E-state index contributed by atoms with van der Waals surface area (Å²) in [7, 11) is -3.22. The summed E-state index contributed by atoms with van der Waals surface area (Å²) in [5, 5.41) is 7.98. The van der Waals surface area contributed by atoms with E-state index in [0.29, 0.717) is 5.69 Å². The van der Waals surface area contributed by atoms with Crippen LogP contribution in [0.25, 0.3) is 11.1 Å². The molecule has 0 saturated carbocycles. The number of nitrogens with one attached hydrogen (secondary N) is 1. The van der Waals surface area contributed by atoms with Crippen molar-refractivity contribution in [3.05, 3.63) is 54.6 Å². The molecule has 9 nitrogen and oxygen atoms in total. The standard InChI is InChI=1S/C24H25N3O6S/c1-16(23(29)25-20-10-6-5-9-19(20)17-7-3-2-4-8-17)33-24(30)21-11-12-22(28)27(26-21)18-13-14-34(31,32)15-18/h2-10,16,18H,11-15H2,1H3,(H,25,29). The molecule has 10 heteroatoms. The third-order valence-corrected chi connectivity index (χ3v) is 7.52. The van der Waals surface area contributed by atoms with Crippen LogP contribution in [-0.2, 0) is 29.0 Å². The van der Waals surface area contributed by atoms with E-state index in [1.165, 1.54) is 6.92 Å². The number of hydrogen-bond donors (Lipinski definition) is 1. The SMILES string of the molecule is CC(OC(=O)C1=NN(C2CCS(=O)(=O)C2)C(=O)CC1)C(=O)Nc1ccccc1-c1ccccc1. The summed E-state index contributed by atoms with van der Waals surface area (Å²) in [4.78, 5) is 37.7. The minimum Gasteiger partial charge on any atom is -0.448 e. The first-order valence-corrected chi connectivity index (χ1v) is 12.8. The van der Waals surface area contributed by atoms with Crippen molar-refractivity contribution < 1.29 is 27.5 Å². The molecular weight excluding hydrogens is 458 g/mol. The number of nitrogens with zero attached hydrogens (tertiary/aromatic N) is 2. The van der Waals surface area contributed by atoms with Crippen molar-refractivity contribution in [1.29, 1.82) is 0 Å². The fourth-order valence-electron chi connectivity index (χ4n) is 3.95. The van der Waals surface area contributed by atoms with Crippen molar-refractivity contribution in [3.8, 4) is 11.1 Å². The third kappa shape index (κ3) is 5.33. The highest BCUT2D eigenvalue weighted by Crippen LogP contribution is 2.28. The van der Waals surface area contributed by atoms with Crippen molar-refractivity contribution >= 4 is 39.0 Å². The van der Waals surface area contributed by atoms with E-state index in [2.05, 4.69) is 10.4 Å². The van der Waals surface area contributed by atoms with Crippen molar-refractivity contribution in [1.82, 2.24) is 5.01 Å². The number of sulfone groups is 1. The lowest BCUT2D eigenvalue weighted by atomic mass is 10.0. The second-order valence-corrected chi connectivity index (χ2v) is 10.5. The van der Waals surface area contributed by atoms with Crippen molar-refractivity contribution in [2.45, 2.75) is 38.3 Å². The first-order valence-electron chi connectivity index (χ1n) is 11.0. The normalized spacial score (nSPS) is 20.4. The number of rotatable bonds is 6. The maximum Gasteiger partial charge on any atom is 0.355 e. The van der Waals surface area contributed by atoms with E-state index in [1.54, 1.807) is 12.1 Å². The summed E-state index contributed by atoms with van der Waals surface area (Å²) in [6, 6.07) is 16.3. The zero-order valence-corrected chi connectivity index (χ0v) is 19.5. The number of carbonyl (C=O) groups excluding carboxylic acids is 3. The van der Waals surface area contributed by atoms with Crippen LogP contribution in [0.5, 0.6) is 0 Å². The van der Waals surface area contributed by atoms with E-state index < -0.39 is 33.9 Å². The molecule has 2 aromatic carbocycles. The lowest BCUT2D eigenvalue weighted by molar-refractivity contribution is -0.147. The van der Waals surface area contributed by atoms with Crippen LogP contribution in [0.2, 0.25) is 0 Å². The Morgan fingerprint density at radius 3 is 2.50 bits per heavy atom. The molecular formula is C24H25N3O6S. The smallest absolute Gasteiger partial charge is 0.355 e. The van der Waals surface area contributed by atoms with Crippen LogP contribution < -0.4 is 5.32 Å². The minimum atomic E-state index is -3.22. The van der Waals surface area contributed by atoms with Crippen LogP contribution in [0.1, 0.15) is 26.2 Å². The molecule has 0 spiro atoms. The van der Waals surface area contributed by atoms with Gasteiger partial charge in [0.25, 0.3) is 5.91 Å². The number of benzene rings is 2. The van der Waals surface area contributed by atoms with E-state index in [9.17, 15) is 22.8 Å². The van der Waals surface area contributed by atoms with Crippen molar-refractivity contribution in [2.24, 2.45) is 5.10 Å². The zero-order valence-electron chi connectivity index (χ0n) is 18.6. The van der Waals surface area contributed by atoms with Crippen LogP contribution in [0, 0.1) is 0 Å². The molecule has 2 aromatic rings. The number of ether oxygens (including phenoxy) is 1. The molecule has 2 unspecified atom stereocenters. The number of amides is 2. The Bertz CT molecular complexity index is 1240. The number of para-hydroxylation sites is 1. The Hall–Kier alpha value is -3.53. The van der Waals surface area contributed by atoms with Gasteiger partial charge in [0, 0.05) is 24.1 Å². The molecule has 2 heterocycles. The van der Waals surface area contributed by atoms with Gasteiger partial charge in [0.1, 0.15) is 5.71 Å². The van der Waals surface area contributed by atoms with Crippen molar-refractivity contribution in [2.75, 3.05) is 16.8 Å². The van der Waals surface area contributed by atoms with Gasteiger partial charge < -0.3 is 10.1 Å². The van der Waals surface area contributed by atoms with Gasteiger partial charge in [0.2, 0.25) is 5.91 Å².